The number of alkyl halides is 1. The second-order valence-electron chi connectivity index (χ2n) is 2.97. The molecule has 0 atom stereocenters. The zero-order valence-electron chi connectivity index (χ0n) is 8.77. The van der Waals surface area contributed by atoms with Gasteiger partial charge in [-0.3, -0.25) is 14.9 Å². The molecule has 6 nitrogen and oxygen atoms in total. The maximum Gasteiger partial charge on any atom is 0.323 e. The largest absolute Gasteiger partial charge is 0.489 e. The van der Waals surface area contributed by atoms with E-state index in [1.807, 2.05) is 0 Å². The van der Waals surface area contributed by atoms with Crippen molar-refractivity contribution in [2.24, 2.45) is 0 Å². The van der Waals surface area contributed by atoms with Gasteiger partial charge in [0.2, 0.25) is 5.75 Å². The molecule has 0 aliphatic heterocycles. The number of methoxy groups -OCH3 is 1. The number of ether oxygens (including phenoxy) is 1. The summed E-state index contributed by atoms with van der Waals surface area (Å²) in [6.07, 6.45) is 0. The predicted molar refractivity (Wildman–Crippen MR) is 59.4 cm³/mol. The summed E-state index contributed by atoms with van der Waals surface area (Å²) in [6, 6.07) is 4.23. The van der Waals surface area contributed by atoms with Crippen molar-refractivity contribution < 1.29 is 14.5 Å². The van der Waals surface area contributed by atoms with Gasteiger partial charge in [-0.25, -0.2) is 0 Å². The van der Waals surface area contributed by atoms with Crippen LogP contribution in [0.5, 0.6) is 5.75 Å². The zero-order chi connectivity index (χ0) is 13.0. The van der Waals surface area contributed by atoms with Crippen molar-refractivity contribution in [1.29, 1.82) is 5.26 Å². The molecule has 0 radical (unpaired) electrons. The Morgan fingerprint density at radius 1 is 1.65 bits per heavy atom. The van der Waals surface area contributed by atoms with E-state index in [0.717, 1.165) is 0 Å². The van der Waals surface area contributed by atoms with Crippen molar-refractivity contribution >= 4 is 23.1 Å². The standard InChI is InChI=1S/C10H7ClN2O4/c1-17-10-6(5-12)2-3-7(8(14)4-11)9(10)13(15)16/h2-3H,4H2,1H3. The molecule has 0 saturated heterocycles. The quantitative estimate of drug-likeness (QED) is 0.354. The first kappa shape index (κ1) is 12.9. The topological polar surface area (TPSA) is 93.2 Å². The van der Waals surface area contributed by atoms with Crippen LogP contribution in [0.15, 0.2) is 12.1 Å². The Hall–Kier alpha value is -2.13. The van der Waals surface area contributed by atoms with Gasteiger partial charge in [0.05, 0.1) is 17.9 Å². The number of hydrogen-bond donors (Lipinski definition) is 0. The Morgan fingerprint density at radius 2 is 2.29 bits per heavy atom. The van der Waals surface area contributed by atoms with Gasteiger partial charge in [-0.1, -0.05) is 0 Å². The summed E-state index contributed by atoms with van der Waals surface area (Å²) in [5.41, 5.74) is -0.705. The number of halogens is 1. The molecular formula is C10H7ClN2O4. The van der Waals surface area contributed by atoms with Crippen molar-refractivity contribution in [2.75, 3.05) is 13.0 Å². The molecule has 1 aromatic rings. The number of hydrogen-bond acceptors (Lipinski definition) is 5. The molecule has 0 saturated carbocycles. The van der Waals surface area contributed by atoms with Crippen molar-refractivity contribution in [3.63, 3.8) is 0 Å². The van der Waals surface area contributed by atoms with Gasteiger partial charge in [0.15, 0.2) is 5.78 Å². The van der Waals surface area contributed by atoms with Crippen LogP contribution in [0.3, 0.4) is 0 Å². The van der Waals surface area contributed by atoms with E-state index in [4.69, 9.17) is 21.6 Å². The number of nitrogens with zero attached hydrogens (tertiary/aromatic N) is 2. The van der Waals surface area contributed by atoms with Gasteiger partial charge in [0.1, 0.15) is 17.2 Å². The maximum absolute atomic E-state index is 11.4. The van der Waals surface area contributed by atoms with Crippen molar-refractivity contribution in [2.45, 2.75) is 0 Å². The van der Waals surface area contributed by atoms with E-state index in [9.17, 15) is 14.9 Å². The summed E-state index contributed by atoms with van der Waals surface area (Å²) < 4.78 is 4.80. The smallest absolute Gasteiger partial charge is 0.323 e. The lowest BCUT2D eigenvalue weighted by molar-refractivity contribution is -0.386. The highest BCUT2D eigenvalue weighted by atomic mass is 35.5. The first-order valence-electron chi connectivity index (χ1n) is 4.41. The second kappa shape index (κ2) is 5.27. The maximum atomic E-state index is 11.4. The monoisotopic (exact) mass is 254 g/mol. The molecule has 0 aromatic heterocycles. The third kappa shape index (κ3) is 2.34. The summed E-state index contributed by atoms with van der Waals surface area (Å²) in [7, 11) is 1.19. The number of rotatable bonds is 4. The third-order valence-corrected chi connectivity index (χ3v) is 2.30. The van der Waals surface area contributed by atoms with E-state index in [-0.39, 0.29) is 22.8 Å². The molecule has 0 unspecified atom stereocenters. The molecule has 0 heterocycles. The fraction of sp³-hybridized carbons (Fsp3) is 0.200. The summed E-state index contributed by atoms with van der Waals surface area (Å²) in [6.45, 7) is 0. The minimum atomic E-state index is -0.764. The summed E-state index contributed by atoms with van der Waals surface area (Å²) in [5.74, 6) is -1.20. The van der Waals surface area contributed by atoms with Crippen LogP contribution in [0, 0.1) is 21.4 Å². The minimum absolute atomic E-state index is 0.00896. The number of nitriles is 1. The van der Waals surface area contributed by atoms with Gasteiger partial charge >= 0.3 is 5.69 Å². The normalized spacial score (nSPS) is 9.47. The Labute approximate surface area is 102 Å². The number of nitro groups is 1. The van der Waals surface area contributed by atoms with E-state index in [2.05, 4.69) is 0 Å². The van der Waals surface area contributed by atoms with Crippen molar-refractivity contribution in [3.05, 3.63) is 33.4 Å². The minimum Gasteiger partial charge on any atom is -0.489 e. The molecule has 0 fully saturated rings. The highest BCUT2D eigenvalue weighted by Crippen LogP contribution is 2.34. The van der Waals surface area contributed by atoms with Gasteiger partial charge in [-0.05, 0) is 12.1 Å². The van der Waals surface area contributed by atoms with Crippen molar-refractivity contribution in [1.82, 2.24) is 0 Å². The fourth-order valence-electron chi connectivity index (χ4n) is 1.34. The summed E-state index contributed by atoms with van der Waals surface area (Å²) in [4.78, 5) is 21.6. The molecular weight excluding hydrogens is 248 g/mol. The van der Waals surface area contributed by atoms with E-state index < -0.39 is 16.4 Å². The summed E-state index contributed by atoms with van der Waals surface area (Å²) in [5, 5.41) is 19.7. The van der Waals surface area contributed by atoms with E-state index in [1.54, 1.807) is 6.07 Å². The highest BCUT2D eigenvalue weighted by Gasteiger charge is 2.27. The van der Waals surface area contributed by atoms with Crippen LogP contribution in [0.4, 0.5) is 5.69 Å². The van der Waals surface area contributed by atoms with Gasteiger partial charge in [0.25, 0.3) is 0 Å². The fourth-order valence-corrected chi connectivity index (χ4v) is 1.49. The molecule has 1 aromatic carbocycles. The summed E-state index contributed by atoms with van der Waals surface area (Å²) >= 11 is 5.35. The van der Waals surface area contributed by atoms with Crippen LogP contribution in [0.25, 0.3) is 0 Å². The first-order chi connectivity index (χ1) is 8.06. The van der Waals surface area contributed by atoms with Gasteiger partial charge < -0.3 is 4.74 Å². The molecule has 88 valence electrons. The average Bonchev–Trinajstić information content (AvgIpc) is 2.35. The Kier molecular flexibility index (Phi) is 4.01. The lowest BCUT2D eigenvalue weighted by atomic mass is 10.1. The number of nitro benzene ring substituents is 1. The van der Waals surface area contributed by atoms with Crippen LogP contribution in [-0.2, 0) is 0 Å². The number of Topliss-reactive ketones (excluding diaryl/α,β-unsaturated/α-hetero) is 1. The second-order valence-corrected chi connectivity index (χ2v) is 3.24. The molecule has 0 bridgehead atoms. The van der Waals surface area contributed by atoms with Gasteiger partial charge in [-0.2, -0.15) is 5.26 Å². The Bertz CT molecular complexity index is 522. The van der Waals surface area contributed by atoms with E-state index in [0.29, 0.717) is 0 Å². The lowest BCUT2D eigenvalue weighted by Crippen LogP contribution is -2.07. The highest BCUT2D eigenvalue weighted by molar-refractivity contribution is 6.31. The van der Waals surface area contributed by atoms with Crippen LogP contribution in [-0.4, -0.2) is 23.7 Å². The zero-order valence-corrected chi connectivity index (χ0v) is 9.52. The van der Waals surface area contributed by atoms with E-state index >= 15 is 0 Å². The molecule has 0 amide bonds. The average molecular weight is 255 g/mol. The molecule has 0 spiro atoms. The van der Waals surface area contributed by atoms with Crippen LogP contribution in [0.2, 0.25) is 0 Å². The van der Waals surface area contributed by atoms with Crippen molar-refractivity contribution in [3.8, 4) is 11.8 Å². The third-order valence-electron chi connectivity index (χ3n) is 2.06. The SMILES string of the molecule is COc1c(C#N)ccc(C(=O)CCl)c1[N+](=O)[O-]. The first-order valence-corrected chi connectivity index (χ1v) is 4.94. The lowest BCUT2D eigenvalue weighted by Gasteiger charge is -2.06. The van der Waals surface area contributed by atoms with E-state index in [1.165, 1.54) is 19.2 Å². The Balaban J connectivity index is 3.60. The van der Waals surface area contributed by atoms with Crippen LogP contribution >= 0.6 is 11.6 Å². The molecule has 1 rings (SSSR count). The number of carbonyl (C=O) groups is 1. The van der Waals surface area contributed by atoms with Crippen LogP contribution in [0.1, 0.15) is 15.9 Å². The molecule has 0 aliphatic rings. The molecule has 0 aliphatic carbocycles. The Morgan fingerprint density at radius 3 is 2.71 bits per heavy atom. The number of carbonyl (C=O) groups excluding carboxylic acids is 1. The van der Waals surface area contributed by atoms with Gasteiger partial charge in [-0.15, -0.1) is 11.6 Å². The number of benzene rings is 1. The molecule has 0 N–H and O–H groups in total. The predicted octanol–water partition coefficient (Wildman–Crippen LogP) is 1.90. The van der Waals surface area contributed by atoms with Crippen LogP contribution < -0.4 is 4.74 Å². The molecule has 17 heavy (non-hydrogen) atoms. The molecule has 7 heteroatoms. The number of ketones is 1. The van der Waals surface area contributed by atoms with Gasteiger partial charge in [0, 0.05) is 0 Å².